The van der Waals surface area contributed by atoms with E-state index in [9.17, 15) is 4.79 Å². The van der Waals surface area contributed by atoms with Crippen molar-refractivity contribution < 1.29 is 0 Å². The summed E-state index contributed by atoms with van der Waals surface area (Å²) in [4.78, 5) is 13.6. The first-order chi connectivity index (χ1) is 7.00. The summed E-state index contributed by atoms with van der Waals surface area (Å²) in [5, 5.41) is 0. The zero-order valence-electron chi connectivity index (χ0n) is 9.49. The topological polar surface area (TPSA) is 37.8 Å². The maximum Gasteiger partial charge on any atom is 0.251 e. The van der Waals surface area contributed by atoms with Crippen LogP contribution in [0.2, 0.25) is 0 Å². The van der Waals surface area contributed by atoms with E-state index in [0.29, 0.717) is 16.7 Å². The molecule has 0 aliphatic carbocycles. The van der Waals surface area contributed by atoms with E-state index in [1.54, 1.807) is 6.20 Å². The maximum absolute atomic E-state index is 11.0. The van der Waals surface area contributed by atoms with Crippen LogP contribution in [0.25, 0.3) is 0 Å². The van der Waals surface area contributed by atoms with Gasteiger partial charge in [0.15, 0.2) is 4.77 Å². The van der Waals surface area contributed by atoms with Crippen molar-refractivity contribution in [2.45, 2.75) is 39.7 Å². The van der Waals surface area contributed by atoms with Gasteiger partial charge in [-0.3, -0.25) is 9.78 Å². The van der Waals surface area contributed by atoms with Gasteiger partial charge in [-0.05, 0) is 37.9 Å². The van der Waals surface area contributed by atoms with E-state index in [4.69, 9.17) is 12.2 Å². The van der Waals surface area contributed by atoms with Gasteiger partial charge >= 0.3 is 0 Å². The fourth-order valence-corrected chi connectivity index (χ4v) is 1.83. The number of rotatable bonds is 4. The van der Waals surface area contributed by atoms with Crippen LogP contribution in [0.3, 0.4) is 0 Å². The second-order valence-electron chi connectivity index (χ2n) is 4.34. The lowest BCUT2D eigenvalue weighted by molar-refractivity contribution is 0.430. The van der Waals surface area contributed by atoms with Crippen LogP contribution in [0.4, 0.5) is 0 Å². The Morgan fingerprint density at radius 3 is 2.60 bits per heavy atom. The molecule has 0 saturated carbocycles. The SMILES string of the molecule is CC(C)CCC(C)n1ccc(=O)[nH]c1=S. The molecule has 1 N–H and O–H groups in total. The molecule has 0 saturated heterocycles. The molecule has 0 aliphatic heterocycles. The Morgan fingerprint density at radius 1 is 1.40 bits per heavy atom. The van der Waals surface area contributed by atoms with Gasteiger partial charge in [0.05, 0.1) is 0 Å². The van der Waals surface area contributed by atoms with Gasteiger partial charge in [0, 0.05) is 18.3 Å². The fourth-order valence-electron chi connectivity index (χ4n) is 1.49. The minimum atomic E-state index is -0.132. The van der Waals surface area contributed by atoms with Crippen molar-refractivity contribution in [3.63, 3.8) is 0 Å². The van der Waals surface area contributed by atoms with Crippen LogP contribution < -0.4 is 5.56 Å². The molecule has 84 valence electrons. The zero-order valence-corrected chi connectivity index (χ0v) is 10.3. The first-order valence-electron chi connectivity index (χ1n) is 5.32. The smallest absolute Gasteiger partial charge is 0.251 e. The second kappa shape index (κ2) is 5.26. The van der Waals surface area contributed by atoms with Gasteiger partial charge in [-0.15, -0.1) is 0 Å². The highest BCUT2D eigenvalue weighted by molar-refractivity contribution is 7.71. The first-order valence-corrected chi connectivity index (χ1v) is 5.73. The molecule has 3 nitrogen and oxygen atoms in total. The van der Waals surface area contributed by atoms with Crippen molar-refractivity contribution in [2.75, 3.05) is 0 Å². The summed E-state index contributed by atoms with van der Waals surface area (Å²) in [7, 11) is 0. The van der Waals surface area contributed by atoms with E-state index in [1.165, 1.54) is 12.5 Å². The fraction of sp³-hybridized carbons (Fsp3) is 0.636. The summed E-state index contributed by atoms with van der Waals surface area (Å²) in [5.41, 5.74) is -0.132. The van der Waals surface area contributed by atoms with Gasteiger partial charge in [-0.2, -0.15) is 0 Å². The van der Waals surface area contributed by atoms with E-state index in [0.717, 1.165) is 6.42 Å². The molecule has 0 aromatic carbocycles. The Kier molecular flexibility index (Phi) is 4.27. The average molecular weight is 226 g/mol. The van der Waals surface area contributed by atoms with Gasteiger partial charge < -0.3 is 4.57 Å². The Balaban J connectivity index is 2.78. The van der Waals surface area contributed by atoms with Gasteiger partial charge in [-0.1, -0.05) is 13.8 Å². The lowest BCUT2D eigenvalue weighted by atomic mass is 10.0. The molecule has 0 amide bonds. The molecule has 4 heteroatoms. The van der Waals surface area contributed by atoms with Crippen LogP contribution in [0.15, 0.2) is 17.1 Å². The highest BCUT2D eigenvalue weighted by Gasteiger charge is 2.05. The monoisotopic (exact) mass is 226 g/mol. The van der Waals surface area contributed by atoms with E-state index in [-0.39, 0.29) is 5.56 Å². The molecule has 0 radical (unpaired) electrons. The van der Waals surface area contributed by atoms with Crippen molar-refractivity contribution in [2.24, 2.45) is 5.92 Å². The van der Waals surface area contributed by atoms with Gasteiger partial charge in [0.2, 0.25) is 0 Å². The van der Waals surface area contributed by atoms with Crippen molar-refractivity contribution in [1.29, 1.82) is 0 Å². The predicted octanol–water partition coefficient (Wildman–Crippen LogP) is 2.90. The molecular weight excluding hydrogens is 208 g/mol. The van der Waals surface area contributed by atoms with E-state index >= 15 is 0 Å². The number of aromatic amines is 1. The standard InChI is InChI=1S/C11H18N2OS/c1-8(2)4-5-9(3)13-7-6-10(14)12-11(13)15/h6-9H,4-5H2,1-3H3,(H,12,14,15). The minimum Gasteiger partial charge on any atom is -0.322 e. The van der Waals surface area contributed by atoms with E-state index < -0.39 is 0 Å². The Labute approximate surface area is 95.2 Å². The molecule has 1 aromatic heterocycles. The summed E-state index contributed by atoms with van der Waals surface area (Å²) in [6, 6.07) is 1.86. The van der Waals surface area contributed by atoms with Crippen LogP contribution in [-0.4, -0.2) is 9.55 Å². The third-order valence-electron chi connectivity index (χ3n) is 2.49. The Bertz CT molecular complexity index is 419. The number of hydrogen-bond acceptors (Lipinski definition) is 2. The van der Waals surface area contributed by atoms with Crippen molar-refractivity contribution in [3.05, 3.63) is 27.4 Å². The summed E-state index contributed by atoms with van der Waals surface area (Å²) in [6.07, 6.45) is 4.02. The summed E-state index contributed by atoms with van der Waals surface area (Å²) in [5.74, 6) is 0.699. The molecule has 0 spiro atoms. The number of nitrogens with zero attached hydrogens (tertiary/aromatic N) is 1. The van der Waals surface area contributed by atoms with Crippen LogP contribution >= 0.6 is 12.2 Å². The number of hydrogen-bond donors (Lipinski definition) is 1. The third-order valence-corrected chi connectivity index (χ3v) is 2.80. The Morgan fingerprint density at radius 2 is 2.07 bits per heavy atom. The van der Waals surface area contributed by atoms with Gasteiger partial charge in [0.1, 0.15) is 0 Å². The van der Waals surface area contributed by atoms with Crippen LogP contribution in [0, 0.1) is 10.7 Å². The van der Waals surface area contributed by atoms with E-state index in [1.807, 2.05) is 4.57 Å². The molecule has 1 aromatic rings. The maximum atomic E-state index is 11.0. The lowest BCUT2D eigenvalue weighted by Crippen LogP contribution is -2.14. The summed E-state index contributed by atoms with van der Waals surface area (Å²) < 4.78 is 2.46. The van der Waals surface area contributed by atoms with E-state index in [2.05, 4.69) is 25.8 Å². The molecule has 1 rings (SSSR count). The van der Waals surface area contributed by atoms with Crippen molar-refractivity contribution in [1.82, 2.24) is 9.55 Å². The number of nitrogens with one attached hydrogen (secondary N) is 1. The van der Waals surface area contributed by atoms with Crippen LogP contribution in [0.1, 0.15) is 39.7 Å². The van der Waals surface area contributed by atoms with Crippen molar-refractivity contribution in [3.8, 4) is 0 Å². The quantitative estimate of drug-likeness (QED) is 0.802. The molecule has 15 heavy (non-hydrogen) atoms. The molecule has 0 bridgehead atoms. The van der Waals surface area contributed by atoms with Crippen LogP contribution in [-0.2, 0) is 0 Å². The zero-order chi connectivity index (χ0) is 11.4. The highest BCUT2D eigenvalue weighted by Crippen LogP contribution is 2.16. The molecule has 0 fully saturated rings. The normalized spacial score (nSPS) is 13.1. The molecule has 1 unspecified atom stereocenters. The van der Waals surface area contributed by atoms with Gasteiger partial charge in [0.25, 0.3) is 5.56 Å². The highest BCUT2D eigenvalue weighted by atomic mass is 32.1. The third kappa shape index (κ3) is 3.63. The van der Waals surface area contributed by atoms with Gasteiger partial charge in [-0.25, -0.2) is 0 Å². The lowest BCUT2D eigenvalue weighted by Gasteiger charge is -2.16. The Hall–Kier alpha value is -0.900. The molecule has 0 aliphatic rings. The first kappa shape index (κ1) is 12.2. The number of aromatic nitrogens is 2. The van der Waals surface area contributed by atoms with Crippen molar-refractivity contribution >= 4 is 12.2 Å². The number of H-pyrrole nitrogens is 1. The molecular formula is C11H18N2OS. The second-order valence-corrected chi connectivity index (χ2v) is 4.72. The molecule has 1 heterocycles. The largest absolute Gasteiger partial charge is 0.322 e. The summed E-state index contributed by atoms with van der Waals surface area (Å²) in [6.45, 7) is 6.54. The minimum absolute atomic E-state index is 0.132. The average Bonchev–Trinajstić information content (AvgIpc) is 2.14. The summed E-state index contributed by atoms with van der Waals surface area (Å²) >= 11 is 5.10. The van der Waals surface area contributed by atoms with Crippen LogP contribution in [0.5, 0.6) is 0 Å². The molecule has 1 atom stereocenters. The predicted molar refractivity (Wildman–Crippen MR) is 64.7 cm³/mol.